The third-order valence-electron chi connectivity index (χ3n) is 3.62. The minimum absolute atomic E-state index is 0.0212. The molecule has 0 saturated carbocycles. The van der Waals surface area contributed by atoms with Gasteiger partial charge in [-0.25, -0.2) is 0 Å². The monoisotopic (exact) mass is 260 g/mol. The molecule has 0 radical (unpaired) electrons. The number of aliphatic hydroxyl groups excluding tert-OH is 1. The van der Waals surface area contributed by atoms with E-state index in [9.17, 15) is 5.11 Å². The van der Waals surface area contributed by atoms with E-state index < -0.39 is 6.10 Å². The van der Waals surface area contributed by atoms with Gasteiger partial charge < -0.3 is 5.11 Å². The van der Waals surface area contributed by atoms with Crippen LogP contribution < -0.4 is 0 Å². The minimum atomic E-state index is -0.435. The number of hydrogen-bond acceptors (Lipinski definition) is 3. The number of hydrogen-bond donors (Lipinski definition) is 1. The summed E-state index contributed by atoms with van der Waals surface area (Å²) >= 11 is 0. The molecule has 0 aromatic carbocycles. The quantitative estimate of drug-likeness (QED) is 0.828. The first-order chi connectivity index (χ1) is 8.86. The van der Waals surface area contributed by atoms with E-state index in [0.717, 1.165) is 12.1 Å². The van der Waals surface area contributed by atoms with Crippen LogP contribution in [0, 0.1) is 23.7 Å². The van der Waals surface area contributed by atoms with Crippen LogP contribution in [0.3, 0.4) is 0 Å². The Morgan fingerprint density at radius 3 is 2.47 bits per heavy atom. The molecule has 1 aromatic rings. The molecule has 0 fully saturated rings. The first-order valence-electron chi connectivity index (χ1n) is 6.76. The van der Waals surface area contributed by atoms with Gasteiger partial charge in [0, 0.05) is 30.4 Å². The number of aromatic nitrogens is 2. The van der Waals surface area contributed by atoms with Gasteiger partial charge in [-0.3, -0.25) is 9.97 Å². The normalized spacial score (nSPS) is 16.4. The van der Waals surface area contributed by atoms with Crippen molar-refractivity contribution in [3.8, 4) is 12.3 Å². The molecule has 3 heteroatoms. The maximum Gasteiger partial charge on any atom is 0.0640 e. The van der Waals surface area contributed by atoms with Crippen molar-refractivity contribution >= 4 is 0 Å². The van der Waals surface area contributed by atoms with E-state index in [1.54, 1.807) is 18.6 Å². The Bertz CT molecular complexity index is 417. The summed E-state index contributed by atoms with van der Waals surface area (Å²) in [6.45, 7) is 8.37. The van der Waals surface area contributed by atoms with Crippen LogP contribution in [0.4, 0.5) is 0 Å². The van der Waals surface area contributed by atoms with E-state index in [4.69, 9.17) is 6.42 Å². The zero-order valence-corrected chi connectivity index (χ0v) is 12.3. The number of terminal acetylenes is 1. The zero-order chi connectivity index (χ0) is 14.5. The molecule has 3 atom stereocenters. The molecule has 0 amide bonds. The Balaban J connectivity index is 2.56. The maximum absolute atomic E-state index is 10.2. The standard InChI is InChI=1S/C16H24N2O/c1-6-13(16(3,4)5)7-8-15(19)12(2)14-11-17-9-10-18-14/h1,9-13,15,19H,7-8H2,2-5H3. The van der Waals surface area contributed by atoms with Crippen LogP contribution in [-0.2, 0) is 0 Å². The summed E-state index contributed by atoms with van der Waals surface area (Å²) in [5.41, 5.74) is 0.896. The van der Waals surface area contributed by atoms with Crippen LogP contribution in [0.1, 0.15) is 52.1 Å². The van der Waals surface area contributed by atoms with Crippen molar-refractivity contribution in [1.82, 2.24) is 9.97 Å². The minimum Gasteiger partial charge on any atom is -0.392 e. The third kappa shape index (κ3) is 4.65. The molecule has 1 N–H and O–H groups in total. The molecule has 0 bridgehead atoms. The van der Waals surface area contributed by atoms with Gasteiger partial charge in [-0.2, -0.15) is 0 Å². The van der Waals surface area contributed by atoms with Gasteiger partial charge in [-0.05, 0) is 18.3 Å². The molecule has 104 valence electrons. The second kappa shape index (κ2) is 6.68. The zero-order valence-electron chi connectivity index (χ0n) is 12.3. The van der Waals surface area contributed by atoms with E-state index in [2.05, 4.69) is 36.7 Å². The molecular weight excluding hydrogens is 236 g/mol. The second-order valence-electron chi connectivity index (χ2n) is 6.15. The van der Waals surface area contributed by atoms with Crippen LogP contribution >= 0.6 is 0 Å². The molecule has 1 aromatic heterocycles. The Labute approximate surface area is 116 Å². The Morgan fingerprint density at radius 2 is 2.00 bits per heavy atom. The molecule has 3 unspecified atom stereocenters. The average Bonchev–Trinajstić information content (AvgIpc) is 2.37. The summed E-state index contributed by atoms with van der Waals surface area (Å²) in [5, 5.41) is 10.2. The highest BCUT2D eigenvalue weighted by Crippen LogP contribution is 2.31. The SMILES string of the molecule is C#CC(CCC(O)C(C)c1cnccn1)C(C)(C)C. The lowest BCUT2D eigenvalue weighted by molar-refractivity contribution is 0.123. The highest BCUT2D eigenvalue weighted by Gasteiger charge is 2.25. The molecular formula is C16H24N2O. The summed E-state index contributed by atoms with van der Waals surface area (Å²) in [4.78, 5) is 8.27. The predicted molar refractivity (Wildman–Crippen MR) is 77.5 cm³/mol. The third-order valence-corrected chi connectivity index (χ3v) is 3.62. The van der Waals surface area contributed by atoms with Crippen LogP contribution in [0.15, 0.2) is 18.6 Å². The van der Waals surface area contributed by atoms with E-state index >= 15 is 0 Å². The summed E-state index contributed by atoms with van der Waals surface area (Å²) in [5.74, 6) is 2.99. The molecule has 0 spiro atoms. The van der Waals surface area contributed by atoms with Crippen molar-refractivity contribution < 1.29 is 5.11 Å². The molecule has 0 aliphatic heterocycles. The number of nitrogens with zero attached hydrogens (tertiary/aromatic N) is 2. The fourth-order valence-electron chi connectivity index (χ4n) is 2.10. The smallest absolute Gasteiger partial charge is 0.0640 e. The Morgan fingerprint density at radius 1 is 1.32 bits per heavy atom. The summed E-state index contributed by atoms with van der Waals surface area (Å²) < 4.78 is 0. The predicted octanol–water partition coefficient (Wildman–Crippen LogP) is 3.02. The van der Waals surface area contributed by atoms with Crippen LogP contribution in [0.5, 0.6) is 0 Å². The maximum atomic E-state index is 10.2. The number of aliphatic hydroxyl groups is 1. The van der Waals surface area contributed by atoms with Gasteiger partial charge >= 0.3 is 0 Å². The molecule has 3 nitrogen and oxygen atoms in total. The van der Waals surface area contributed by atoms with E-state index in [0.29, 0.717) is 6.42 Å². The molecule has 1 rings (SSSR count). The first-order valence-corrected chi connectivity index (χ1v) is 6.76. The number of rotatable bonds is 5. The van der Waals surface area contributed by atoms with Crippen molar-refractivity contribution in [3.05, 3.63) is 24.3 Å². The Hall–Kier alpha value is -1.40. The van der Waals surface area contributed by atoms with Crippen LogP contribution in [-0.4, -0.2) is 21.2 Å². The highest BCUT2D eigenvalue weighted by molar-refractivity contribution is 5.05. The van der Waals surface area contributed by atoms with Crippen molar-refractivity contribution in [1.29, 1.82) is 0 Å². The van der Waals surface area contributed by atoms with Gasteiger partial charge in [0.25, 0.3) is 0 Å². The van der Waals surface area contributed by atoms with Gasteiger partial charge in [0.1, 0.15) is 0 Å². The fraction of sp³-hybridized carbons (Fsp3) is 0.625. The summed E-state index contributed by atoms with van der Waals surface area (Å²) in [7, 11) is 0. The second-order valence-corrected chi connectivity index (χ2v) is 6.15. The van der Waals surface area contributed by atoms with Gasteiger partial charge in [0.2, 0.25) is 0 Å². The van der Waals surface area contributed by atoms with Crippen LogP contribution in [0.2, 0.25) is 0 Å². The molecule has 1 heterocycles. The van der Waals surface area contributed by atoms with Gasteiger partial charge in [-0.15, -0.1) is 12.3 Å². The van der Waals surface area contributed by atoms with Gasteiger partial charge in [0.05, 0.1) is 11.8 Å². The van der Waals surface area contributed by atoms with Crippen LogP contribution in [0.25, 0.3) is 0 Å². The molecule has 0 saturated heterocycles. The van der Waals surface area contributed by atoms with Crippen molar-refractivity contribution in [2.45, 2.75) is 52.6 Å². The van der Waals surface area contributed by atoms with Gasteiger partial charge in [-0.1, -0.05) is 27.7 Å². The van der Waals surface area contributed by atoms with E-state index in [1.165, 1.54) is 0 Å². The van der Waals surface area contributed by atoms with Crippen molar-refractivity contribution in [3.63, 3.8) is 0 Å². The van der Waals surface area contributed by atoms with Gasteiger partial charge in [0.15, 0.2) is 0 Å². The molecule has 19 heavy (non-hydrogen) atoms. The van der Waals surface area contributed by atoms with E-state index in [-0.39, 0.29) is 17.3 Å². The summed E-state index contributed by atoms with van der Waals surface area (Å²) in [6.07, 6.45) is 11.6. The highest BCUT2D eigenvalue weighted by atomic mass is 16.3. The fourth-order valence-corrected chi connectivity index (χ4v) is 2.10. The Kier molecular flexibility index (Phi) is 5.50. The average molecular weight is 260 g/mol. The molecule has 0 aliphatic carbocycles. The van der Waals surface area contributed by atoms with Crippen molar-refractivity contribution in [2.24, 2.45) is 11.3 Å². The van der Waals surface area contributed by atoms with Crippen molar-refractivity contribution in [2.75, 3.05) is 0 Å². The topological polar surface area (TPSA) is 46.0 Å². The summed E-state index contributed by atoms with van der Waals surface area (Å²) in [6, 6.07) is 0. The molecule has 0 aliphatic rings. The lowest BCUT2D eigenvalue weighted by atomic mass is 9.77. The largest absolute Gasteiger partial charge is 0.392 e. The lowest BCUT2D eigenvalue weighted by Gasteiger charge is -2.28. The lowest BCUT2D eigenvalue weighted by Crippen LogP contribution is -2.23. The first kappa shape index (κ1) is 15.7. The van der Waals surface area contributed by atoms with E-state index in [1.807, 2.05) is 6.92 Å².